The molecule has 0 aliphatic carbocycles. The Morgan fingerprint density at radius 2 is 1.76 bits per heavy atom. The van der Waals surface area contributed by atoms with E-state index in [1.165, 1.54) is 55.7 Å². The van der Waals surface area contributed by atoms with Crippen molar-refractivity contribution >= 4 is 46.7 Å². The molecule has 0 spiro atoms. The zero-order valence-electron chi connectivity index (χ0n) is 22.9. The molecule has 4 amide bonds. The molecule has 1 saturated heterocycles. The molecule has 220 valence electrons. The minimum absolute atomic E-state index is 0.000839. The number of carbonyl (C=O) groups is 3. The smallest absolute Gasteiger partial charge is 0.323 e. The molecule has 0 radical (unpaired) electrons. The number of carbonyl (C=O) groups excluding carboxylic acids is 3. The lowest BCUT2D eigenvalue weighted by Crippen LogP contribution is -2.48. The normalized spacial score (nSPS) is 13.2. The standard InChI is InChI=1S/C28H29F2N7O4S/c1-17(38)37-11-9-21(10-12-37)36(2)28(40)34-24-15-26(32-16-31-24)41-23-8-7-20(14-22(23)30)33-27(42)35-25(39)13-18-3-5-19(29)6-4-18/h3-8,14-16,21H,9-13H2,1-2H3,(H,31,32,34,40)(H2,33,35,39,42). The van der Waals surface area contributed by atoms with Gasteiger partial charge < -0.3 is 25.2 Å². The molecule has 1 fully saturated rings. The molecule has 0 saturated carbocycles. The first-order valence-electron chi connectivity index (χ1n) is 13.0. The largest absolute Gasteiger partial charge is 0.436 e. The van der Waals surface area contributed by atoms with Gasteiger partial charge in [0, 0.05) is 50.9 Å². The number of benzene rings is 2. The molecule has 4 rings (SSSR count). The highest BCUT2D eigenvalue weighted by Crippen LogP contribution is 2.26. The highest BCUT2D eigenvalue weighted by atomic mass is 32.1. The summed E-state index contributed by atoms with van der Waals surface area (Å²) in [6.45, 7) is 2.70. The fourth-order valence-corrected chi connectivity index (χ4v) is 4.52. The van der Waals surface area contributed by atoms with Gasteiger partial charge in [0.15, 0.2) is 16.7 Å². The van der Waals surface area contributed by atoms with Crippen molar-refractivity contribution < 1.29 is 27.9 Å². The van der Waals surface area contributed by atoms with Gasteiger partial charge >= 0.3 is 6.03 Å². The molecule has 2 heterocycles. The molecular weight excluding hydrogens is 568 g/mol. The van der Waals surface area contributed by atoms with Crippen LogP contribution < -0.4 is 20.7 Å². The van der Waals surface area contributed by atoms with Crippen molar-refractivity contribution in [2.45, 2.75) is 32.2 Å². The van der Waals surface area contributed by atoms with E-state index in [1.54, 1.807) is 16.8 Å². The van der Waals surface area contributed by atoms with E-state index in [0.717, 1.165) is 6.07 Å². The number of hydrogen-bond acceptors (Lipinski definition) is 7. The lowest BCUT2D eigenvalue weighted by atomic mass is 10.0. The number of nitrogens with zero attached hydrogens (tertiary/aromatic N) is 4. The van der Waals surface area contributed by atoms with Gasteiger partial charge in [0.1, 0.15) is 18.0 Å². The number of likely N-dealkylation sites (tertiary alicyclic amines) is 1. The molecule has 11 nitrogen and oxygen atoms in total. The van der Waals surface area contributed by atoms with Crippen LogP contribution in [-0.4, -0.2) is 68.9 Å². The summed E-state index contributed by atoms with van der Waals surface area (Å²) in [5, 5.41) is 7.85. The lowest BCUT2D eigenvalue weighted by Gasteiger charge is -2.36. The third-order valence-electron chi connectivity index (χ3n) is 6.59. The van der Waals surface area contributed by atoms with Crippen LogP contribution in [-0.2, 0) is 16.0 Å². The Labute approximate surface area is 246 Å². The molecule has 3 N–H and O–H groups in total. The summed E-state index contributed by atoms with van der Waals surface area (Å²) in [5.74, 6) is -1.52. The Balaban J connectivity index is 1.29. The van der Waals surface area contributed by atoms with E-state index in [1.807, 2.05) is 0 Å². The molecule has 0 unspecified atom stereocenters. The molecule has 14 heteroatoms. The van der Waals surface area contributed by atoms with Crippen LogP contribution in [0.1, 0.15) is 25.3 Å². The summed E-state index contributed by atoms with van der Waals surface area (Å²) < 4.78 is 33.4. The van der Waals surface area contributed by atoms with Crippen LogP contribution in [0.4, 0.5) is 25.1 Å². The molecule has 3 aromatic rings. The number of piperidine rings is 1. The topological polar surface area (TPSA) is 129 Å². The Morgan fingerprint density at radius 1 is 1.05 bits per heavy atom. The molecule has 0 atom stereocenters. The van der Waals surface area contributed by atoms with Gasteiger partial charge in [0.05, 0.1) is 6.42 Å². The number of hydrogen-bond donors (Lipinski definition) is 3. The number of halogens is 2. The van der Waals surface area contributed by atoms with Crippen molar-refractivity contribution in [3.05, 3.63) is 72.1 Å². The van der Waals surface area contributed by atoms with Gasteiger partial charge in [-0.1, -0.05) is 12.1 Å². The maximum atomic E-state index is 14.8. The molecule has 1 aliphatic heterocycles. The minimum Gasteiger partial charge on any atom is -0.436 e. The van der Waals surface area contributed by atoms with Gasteiger partial charge in [-0.25, -0.2) is 23.5 Å². The van der Waals surface area contributed by atoms with Crippen molar-refractivity contribution in [3.8, 4) is 11.6 Å². The SMILES string of the molecule is CC(=O)N1CCC(N(C)C(=O)Nc2cc(Oc3ccc(NC(=S)NC(=O)Cc4ccc(F)cc4)cc3F)ncn2)CC1. The number of ether oxygens (including phenoxy) is 1. The van der Waals surface area contributed by atoms with Crippen LogP contribution in [0.5, 0.6) is 11.6 Å². The maximum absolute atomic E-state index is 14.8. The molecule has 1 aromatic heterocycles. The molecule has 1 aliphatic rings. The van der Waals surface area contributed by atoms with Crippen molar-refractivity contribution in [1.82, 2.24) is 25.1 Å². The Hall–Kier alpha value is -4.72. The summed E-state index contributed by atoms with van der Waals surface area (Å²) in [6.07, 6.45) is 2.50. The highest BCUT2D eigenvalue weighted by Gasteiger charge is 2.26. The van der Waals surface area contributed by atoms with Gasteiger partial charge in [0.2, 0.25) is 17.7 Å². The minimum atomic E-state index is -0.735. The van der Waals surface area contributed by atoms with E-state index in [2.05, 4.69) is 25.9 Å². The van der Waals surface area contributed by atoms with Crippen LogP contribution in [0.3, 0.4) is 0 Å². The van der Waals surface area contributed by atoms with E-state index in [0.29, 0.717) is 31.5 Å². The number of amides is 4. The third kappa shape index (κ3) is 8.39. The van der Waals surface area contributed by atoms with Crippen molar-refractivity contribution in [2.24, 2.45) is 0 Å². The number of rotatable bonds is 7. The Morgan fingerprint density at radius 3 is 2.43 bits per heavy atom. The quantitative estimate of drug-likeness (QED) is 0.348. The summed E-state index contributed by atoms with van der Waals surface area (Å²) in [5.41, 5.74) is 0.870. The number of urea groups is 1. The second-order valence-electron chi connectivity index (χ2n) is 9.57. The van der Waals surface area contributed by atoms with Crippen LogP contribution >= 0.6 is 12.2 Å². The van der Waals surface area contributed by atoms with Gasteiger partial charge in [-0.15, -0.1) is 0 Å². The molecule has 42 heavy (non-hydrogen) atoms. The molecule has 0 bridgehead atoms. The van der Waals surface area contributed by atoms with E-state index < -0.39 is 17.5 Å². The molecule has 2 aromatic carbocycles. The van der Waals surface area contributed by atoms with Crippen molar-refractivity contribution in [3.63, 3.8) is 0 Å². The first-order chi connectivity index (χ1) is 20.1. The predicted molar refractivity (Wildman–Crippen MR) is 155 cm³/mol. The second kappa shape index (κ2) is 13.8. The van der Waals surface area contributed by atoms with Crippen molar-refractivity contribution in [1.29, 1.82) is 0 Å². The first kappa shape index (κ1) is 30.2. The number of thiocarbonyl (C=S) groups is 1. The van der Waals surface area contributed by atoms with Crippen molar-refractivity contribution in [2.75, 3.05) is 30.8 Å². The Kier molecular flexibility index (Phi) is 9.91. The van der Waals surface area contributed by atoms with Gasteiger partial charge in [-0.3, -0.25) is 14.9 Å². The van der Waals surface area contributed by atoms with Gasteiger partial charge in [-0.2, -0.15) is 0 Å². The van der Waals surface area contributed by atoms with E-state index in [-0.39, 0.29) is 52.6 Å². The monoisotopic (exact) mass is 597 g/mol. The zero-order valence-corrected chi connectivity index (χ0v) is 23.7. The zero-order chi connectivity index (χ0) is 30.2. The fraction of sp³-hybridized carbons (Fsp3) is 0.286. The van der Waals surface area contributed by atoms with Crippen LogP contribution in [0.25, 0.3) is 0 Å². The van der Waals surface area contributed by atoms with Gasteiger partial charge in [-0.05, 0) is 54.9 Å². The maximum Gasteiger partial charge on any atom is 0.323 e. The first-order valence-corrected chi connectivity index (χ1v) is 13.4. The summed E-state index contributed by atoms with van der Waals surface area (Å²) in [4.78, 5) is 47.8. The van der Waals surface area contributed by atoms with Crippen LogP contribution in [0.2, 0.25) is 0 Å². The van der Waals surface area contributed by atoms with Crippen LogP contribution in [0, 0.1) is 11.6 Å². The summed E-state index contributed by atoms with van der Waals surface area (Å²) in [6, 6.07) is 10.4. The third-order valence-corrected chi connectivity index (χ3v) is 6.79. The highest BCUT2D eigenvalue weighted by molar-refractivity contribution is 7.80. The average molecular weight is 598 g/mol. The second-order valence-corrected chi connectivity index (χ2v) is 9.98. The Bertz CT molecular complexity index is 1470. The summed E-state index contributed by atoms with van der Waals surface area (Å²) >= 11 is 5.13. The number of aromatic nitrogens is 2. The lowest BCUT2D eigenvalue weighted by molar-refractivity contribution is -0.130. The number of nitrogens with one attached hydrogen (secondary N) is 3. The predicted octanol–water partition coefficient (Wildman–Crippen LogP) is 4.08. The van der Waals surface area contributed by atoms with Gasteiger partial charge in [0.25, 0.3) is 0 Å². The molecular formula is C28H29F2N7O4S. The summed E-state index contributed by atoms with van der Waals surface area (Å²) in [7, 11) is 1.68. The number of anilines is 2. The van der Waals surface area contributed by atoms with Crippen LogP contribution in [0.15, 0.2) is 54.9 Å². The fourth-order valence-electron chi connectivity index (χ4n) is 4.29. The van der Waals surface area contributed by atoms with E-state index >= 15 is 0 Å². The van der Waals surface area contributed by atoms with E-state index in [9.17, 15) is 23.2 Å². The average Bonchev–Trinajstić information content (AvgIpc) is 2.95. The van der Waals surface area contributed by atoms with E-state index in [4.69, 9.17) is 17.0 Å².